The van der Waals surface area contributed by atoms with E-state index in [0.29, 0.717) is 0 Å². The number of benzene rings is 1. The zero-order chi connectivity index (χ0) is 12.4. The van der Waals surface area contributed by atoms with Crippen LogP contribution >= 0.6 is 0 Å². The van der Waals surface area contributed by atoms with Crippen LogP contribution in [-0.2, 0) is 4.74 Å². The van der Waals surface area contributed by atoms with E-state index in [1.165, 1.54) is 0 Å². The van der Waals surface area contributed by atoms with Crippen molar-refractivity contribution in [2.75, 3.05) is 19.8 Å². The molecule has 3 rings (SSSR count). The van der Waals surface area contributed by atoms with Gasteiger partial charge in [-0.3, -0.25) is 4.98 Å². The van der Waals surface area contributed by atoms with E-state index in [1.54, 1.807) is 12.1 Å². The van der Waals surface area contributed by atoms with Crippen molar-refractivity contribution in [2.45, 2.75) is 12.5 Å². The number of pyridine rings is 1. The van der Waals surface area contributed by atoms with Crippen molar-refractivity contribution in [3.05, 3.63) is 36.0 Å². The first kappa shape index (κ1) is 11.4. The van der Waals surface area contributed by atoms with Crippen molar-refractivity contribution in [1.29, 1.82) is 0 Å². The maximum Gasteiger partial charge on any atom is 0.116 e. The molecule has 0 saturated carbocycles. The molecule has 1 aliphatic rings. The standard InChI is InChI=1S/C14H16N2O2/c17-12-1-2-13-10(8-12)7-11(9-16-13)14-3-5-18-6-4-15-14/h1-2,7-9,14-15,17H,3-6H2. The summed E-state index contributed by atoms with van der Waals surface area (Å²) in [4.78, 5) is 4.44. The van der Waals surface area contributed by atoms with Gasteiger partial charge in [-0.25, -0.2) is 0 Å². The van der Waals surface area contributed by atoms with Gasteiger partial charge in [0.15, 0.2) is 0 Å². The summed E-state index contributed by atoms with van der Waals surface area (Å²) in [6, 6.07) is 7.61. The van der Waals surface area contributed by atoms with Crippen LogP contribution in [0.5, 0.6) is 5.75 Å². The van der Waals surface area contributed by atoms with Crippen LogP contribution in [0.2, 0.25) is 0 Å². The molecule has 1 aromatic heterocycles. The summed E-state index contributed by atoms with van der Waals surface area (Å²) in [5, 5.41) is 13.9. The Kier molecular flexibility index (Phi) is 3.13. The summed E-state index contributed by atoms with van der Waals surface area (Å²) >= 11 is 0. The summed E-state index contributed by atoms with van der Waals surface area (Å²) in [6.45, 7) is 2.40. The Balaban J connectivity index is 1.96. The van der Waals surface area contributed by atoms with Gasteiger partial charge in [0.1, 0.15) is 5.75 Å². The molecular weight excluding hydrogens is 228 g/mol. The Labute approximate surface area is 106 Å². The largest absolute Gasteiger partial charge is 0.508 e. The first-order valence-electron chi connectivity index (χ1n) is 6.23. The molecule has 1 fully saturated rings. The van der Waals surface area contributed by atoms with Crippen molar-refractivity contribution in [2.24, 2.45) is 0 Å². The molecule has 0 amide bonds. The maximum absolute atomic E-state index is 9.51. The molecule has 1 unspecified atom stereocenters. The molecule has 94 valence electrons. The first-order valence-corrected chi connectivity index (χ1v) is 6.23. The van der Waals surface area contributed by atoms with Gasteiger partial charge in [-0.15, -0.1) is 0 Å². The zero-order valence-corrected chi connectivity index (χ0v) is 10.1. The summed E-state index contributed by atoms with van der Waals surface area (Å²) in [5.74, 6) is 0.276. The number of hydrogen-bond acceptors (Lipinski definition) is 4. The highest BCUT2D eigenvalue weighted by Gasteiger charge is 2.14. The van der Waals surface area contributed by atoms with Gasteiger partial charge < -0.3 is 15.2 Å². The molecule has 0 spiro atoms. The minimum absolute atomic E-state index is 0.276. The summed E-state index contributed by atoms with van der Waals surface area (Å²) in [6.07, 6.45) is 2.86. The van der Waals surface area contributed by atoms with Gasteiger partial charge in [-0.05, 0) is 36.2 Å². The monoisotopic (exact) mass is 244 g/mol. The molecule has 1 aromatic carbocycles. The Morgan fingerprint density at radius 3 is 3.17 bits per heavy atom. The molecule has 4 heteroatoms. The van der Waals surface area contributed by atoms with Gasteiger partial charge >= 0.3 is 0 Å². The topological polar surface area (TPSA) is 54.4 Å². The molecule has 2 N–H and O–H groups in total. The quantitative estimate of drug-likeness (QED) is 0.805. The number of aromatic nitrogens is 1. The molecule has 1 atom stereocenters. The summed E-state index contributed by atoms with van der Waals surface area (Å²) in [7, 11) is 0. The van der Waals surface area contributed by atoms with Crippen LogP contribution in [0.1, 0.15) is 18.0 Å². The van der Waals surface area contributed by atoms with Crippen molar-refractivity contribution in [1.82, 2.24) is 10.3 Å². The van der Waals surface area contributed by atoms with E-state index in [1.807, 2.05) is 12.3 Å². The van der Waals surface area contributed by atoms with Crippen molar-refractivity contribution in [3.63, 3.8) is 0 Å². The lowest BCUT2D eigenvalue weighted by Gasteiger charge is -2.15. The van der Waals surface area contributed by atoms with E-state index in [4.69, 9.17) is 4.74 Å². The highest BCUT2D eigenvalue weighted by Crippen LogP contribution is 2.24. The molecule has 2 heterocycles. The Bertz CT molecular complexity index is 548. The lowest BCUT2D eigenvalue weighted by molar-refractivity contribution is 0.150. The number of ether oxygens (including phenoxy) is 1. The van der Waals surface area contributed by atoms with E-state index in [9.17, 15) is 5.11 Å². The molecule has 4 nitrogen and oxygen atoms in total. The summed E-state index contributed by atoms with van der Waals surface area (Å²) < 4.78 is 5.43. The number of phenolic OH excluding ortho intramolecular Hbond substituents is 1. The van der Waals surface area contributed by atoms with Crippen LogP contribution in [0, 0.1) is 0 Å². The number of fused-ring (bicyclic) bond motifs is 1. The van der Waals surface area contributed by atoms with Gasteiger partial charge in [0.25, 0.3) is 0 Å². The first-order chi connectivity index (χ1) is 8.83. The van der Waals surface area contributed by atoms with Crippen molar-refractivity contribution in [3.8, 4) is 5.75 Å². The molecular formula is C14H16N2O2. The second-order valence-corrected chi connectivity index (χ2v) is 4.55. The third kappa shape index (κ3) is 2.30. The zero-order valence-electron chi connectivity index (χ0n) is 10.1. The minimum Gasteiger partial charge on any atom is -0.508 e. The van der Waals surface area contributed by atoms with Crippen LogP contribution in [0.25, 0.3) is 10.9 Å². The molecule has 1 aliphatic heterocycles. The van der Waals surface area contributed by atoms with Crippen molar-refractivity contribution < 1.29 is 9.84 Å². The van der Waals surface area contributed by atoms with Crippen LogP contribution in [0.4, 0.5) is 0 Å². The maximum atomic E-state index is 9.51. The Hall–Kier alpha value is -1.65. The average molecular weight is 244 g/mol. The summed E-state index contributed by atoms with van der Waals surface area (Å²) in [5.41, 5.74) is 2.06. The lowest BCUT2D eigenvalue weighted by Crippen LogP contribution is -2.22. The van der Waals surface area contributed by atoms with Crippen LogP contribution in [-0.4, -0.2) is 29.8 Å². The lowest BCUT2D eigenvalue weighted by atomic mass is 10.0. The van der Waals surface area contributed by atoms with E-state index in [0.717, 1.165) is 42.6 Å². The van der Waals surface area contributed by atoms with Crippen molar-refractivity contribution >= 4 is 10.9 Å². The van der Waals surface area contributed by atoms with Crippen LogP contribution < -0.4 is 5.32 Å². The minimum atomic E-state index is 0.276. The van der Waals surface area contributed by atoms with Crippen LogP contribution in [0.15, 0.2) is 30.5 Å². The fraction of sp³-hybridized carbons (Fsp3) is 0.357. The third-order valence-corrected chi connectivity index (χ3v) is 3.28. The highest BCUT2D eigenvalue weighted by molar-refractivity contribution is 5.80. The normalized spacial score (nSPS) is 20.8. The number of hydrogen-bond donors (Lipinski definition) is 2. The van der Waals surface area contributed by atoms with E-state index in [-0.39, 0.29) is 11.8 Å². The van der Waals surface area contributed by atoms with Gasteiger partial charge in [-0.2, -0.15) is 0 Å². The number of nitrogens with one attached hydrogen (secondary N) is 1. The van der Waals surface area contributed by atoms with E-state index in [2.05, 4.69) is 16.4 Å². The fourth-order valence-electron chi connectivity index (χ4n) is 2.32. The molecule has 0 radical (unpaired) electrons. The molecule has 18 heavy (non-hydrogen) atoms. The van der Waals surface area contributed by atoms with Gasteiger partial charge in [0.05, 0.1) is 12.1 Å². The Morgan fingerprint density at radius 1 is 1.28 bits per heavy atom. The van der Waals surface area contributed by atoms with E-state index >= 15 is 0 Å². The third-order valence-electron chi connectivity index (χ3n) is 3.28. The fourth-order valence-corrected chi connectivity index (χ4v) is 2.32. The molecule has 0 aliphatic carbocycles. The highest BCUT2D eigenvalue weighted by atomic mass is 16.5. The SMILES string of the molecule is Oc1ccc2ncc(C3CCOCCN3)cc2c1. The van der Waals surface area contributed by atoms with Crippen LogP contribution in [0.3, 0.4) is 0 Å². The second-order valence-electron chi connectivity index (χ2n) is 4.55. The molecule has 2 aromatic rings. The van der Waals surface area contributed by atoms with Gasteiger partial charge in [0, 0.05) is 30.8 Å². The van der Waals surface area contributed by atoms with Gasteiger partial charge in [0.2, 0.25) is 0 Å². The number of rotatable bonds is 1. The molecule has 1 saturated heterocycles. The molecule has 0 bridgehead atoms. The predicted molar refractivity (Wildman–Crippen MR) is 69.6 cm³/mol. The predicted octanol–water partition coefficient (Wildman–Crippen LogP) is 1.99. The number of aromatic hydroxyl groups is 1. The Morgan fingerprint density at radius 2 is 2.22 bits per heavy atom. The average Bonchev–Trinajstić information content (AvgIpc) is 2.66. The smallest absolute Gasteiger partial charge is 0.116 e. The number of nitrogens with zero attached hydrogens (tertiary/aromatic N) is 1. The van der Waals surface area contributed by atoms with E-state index < -0.39 is 0 Å². The number of phenols is 1. The second kappa shape index (κ2) is 4.92. The van der Waals surface area contributed by atoms with Gasteiger partial charge in [-0.1, -0.05) is 0 Å².